The molecule has 12 rings (SSSR count). The van der Waals surface area contributed by atoms with Crippen molar-refractivity contribution in [3.05, 3.63) is 148 Å². The zero-order valence-corrected chi connectivity index (χ0v) is 42.2. The van der Waals surface area contributed by atoms with Gasteiger partial charge in [-0.3, -0.25) is 14.4 Å². The van der Waals surface area contributed by atoms with Crippen LogP contribution in [0.4, 0.5) is 14.5 Å². The number of fused-ring (bicyclic) bond motifs is 3. The van der Waals surface area contributed by atoms with Crippen LogP contribution in [0.2, 0.25) is 0 Å². The monoisotopic (exact) mass is 1030 g/mol. The van der Waals surface area contributed by atoms with Crippen molar-refractivity contribution in [1.29, 1.82) is 0 Å². The molecule has 19 heteroatoms. The smallest absolute Gasteiger partial charge is 0.338 e. The van der Waals surface area contributed by atoms with Crippen molar-refractivity contribution in [2.75, 3.05) is 31.1 Å². The Balaban J connectivity index is 0.798. The van der Waals surface area contributed by atoms with Crippen LogP contribution in [0.3, 0.4) is 0 Å². The number of halogens is 2. The summed E-state index contributed by atoms with van der Waals surface area (Å²) in [5.41, 5.74) is 7.43. The Hall–Kier alpha value is -8.35. The maximum absolute atomic E-state index is 16.1. The van der Waals surface area contributed by atoms with Gasteiger partial charge in [0, 0.05) is 85.0 Å². The highest BCUT2D eigenvalue weighted by atomic mass is 19.1. The molecule has 1 saturated carbocycles. The first-order valence-corrected chi connectivity index (χ1v) is 26.1. The van der Waals surface area contributed by atoms with Gasteiger partial charge in [0.1, 0.15) is 23.0 Å². The summed E-state index contributed by atoms with van der Waals surface area (Å²) in [7, 11) is 0. The molecule has 8 heterocycles. The first-order valence-electron chi connectivity index (χ1n) is 26.1. The van der Waals surface area contributed by atoms with Crippen LogP contribution in [0.15, 0.2) is 97.3 Å². The maximum Gasteiger partial charge on any atom is 0.338 e. The number of hydrogen-bond donors (Lipinski definition) is 2. The minimum atomic E-state index is -1.14. The number of benzene rings is 3. The van der Waals surface area contributed by atoms with Crippen molar-refractivity contribution in [2.45, 2.75) is 83.7 Å². The molecule has 3 unspecified atom stereocenters. The molecule has 8 aromatic rings. The van der Waals surface area contributed by atoms with Gasteiger partial charge in [-0.1, -0.05) is 31.2 Å². The van der Waals surface area contributed by atoms with Crippen LogP contribution in [0.5, 0.6) is 0 Å². The fourth-order valence-electron chi connectivity index (χ4n) is 12.0. The van der Waals surface area contributed by atoms with Crippen molar-refractivity contribution in [1.82, 2.24) is 48.8 Å². The highest BCUT2D eigenvalue weighted by Crippen LogP contribution is 2.55. The molecule has 2 saturated heterocycles. The summed E-state index contributed by atoms with van der Waals surface area (Å²) in [6, 6.07) is 24.3. The van der Waals surface area contributed by atoms with Crippen LogP contribution >= 0.6 is 0 Å². The van der Waals surface area contributed by atoms with Gasteiger partial charge in [-0.15, -0.1) is 0 Å². The van der Waals surface area contributed by atoms with E-state index in [2.05, 4.69) is 24.2 Å². The third-order valence-corrected chi connectivity index (χ3v) is 16.4. The number of anilines is 1. The second-order valence-corrected chi connectivity index (χ2v) is 20.8. The Labute approximate surface area is 435 Å². The number of rotatable bonds is 11. The molecule has 2 N–H and O–H groups in total. The SMILES string of the molecule is CCc1cc(C(=O)N2CCC(C3CC3c3cc(C(=O)N4CCc5ccccc5[C@H]4C)nc4cc(-c5ccc(-n6cc(C(=O)O)cn6)cc5F)nn34)CC[C@H]2C)nc2cc(-c3ccc(N4CC[C@H](C(=O)O)C4)cc3F)nn12. The Bertz CT molecular complexity index is 3660. The van der Waals surface area contributed by atoms with Crippen molar-refractivity contribution < 1.29 is 38.2 Å². The second kappa shape index (κ2) is 19.1. The van der Waals surface area contributed by atoms with E-state index >= 15 is 8.78 Å². The molecule has 0 radical (unpaired) electrons. The normalized spacial score (nSPS) is 21.5. The lowest BCUT2D eigenvalue weighted by atomic mass is 9.92. The third kappa shape index (κ3) is 8.69. The molecule has 1 aliphatic carbocycles. The lowest BCUT2D eigenvalue weighted by molar-refractivity contribution is -0.140. The number of carbonyl (C=O) groups excluding carboxylic acids is 2. The Morgan fingerprint density at radius 1 is 0.724 bits per heavy atom. The molecular weight excluding hydrogens is 973 g/mol. The van der Waals surface area contributed by atoms with E-state index in [1.807, 2.05) is 46.7 Å². The van der Waals surface area contributed by atoms with Crippen molar-refractivity contribution in [2.24, 2.45) is 17.8 Å². The van der Waals surface area contributed by atoms with Crippen LogP contribution in [-0.2, 0) is 17.6 Å². The molecule has 3 aromatic carbocycles. The van der Waals surface area contributed by atoms with E-state index in [-0.39, 0.29) is 58.3 Å². The summed E-state index contributed by atoms with van der Waals surface area (Å²) < 4.78 is 36.6. The molecule has 76 heavy (non-hydrogen) atoms. The number of aromatic carboxylic acids is 1. The summed E-state index contributed by atoms with van der Waals surface area (Å²) in [4.78, 5) is 67.6. The van der Waals surface area contributed by atoms with E-state index in [0.717, 1.165) is 49.1 Å². The number of likely N-dealkylation sites (tertiary alicyclic amines) is 1. The van der Waals surface area contributed by atoms with Gasteiger partial charge in [-0.2, -0.15) is 15.3 Å². The summed E-state index contributed by atoms with van der Waals surface area (Å²) in [5.74, 6) is -3.46. The van der Waals surface area contributed by atoms with Crippen molar-refractivity contribution >= 4 is 40.7 Å². The first kappa shape index (κ1) is 48.6. The summed E-state index contributed by atoms with van der Waals surface area (Å²) in [6.07, 6.45) is 7.51. The van der Waals surface area contributed by atoms with E-state index in [1.54, 1.807) is 51.5 Å². The van der Waals surface area contributed by atoms with Gasteiger partial charge >= 0.3 is 11.9 Å². The molecule has 0 spiro atoms. The van der Waals surface area contributed by atoms with Crippen LogP contribution in [-0.4, -0.2) is 115 Å². The fraction of sp³-hybridized carbons (Fsp3) is 0.351. The van der Waals surface area contributed by atoms with Crippen molar-refractivity contribution in [3.63, 3.8) is 0 Å². The molecule has 2 amide bonds. The number of aryl methyl sites for hydroxylation is 1. The standard InChI is InChI=1S/C57H55F2N11O6/c1-4-37-23-49(61-52-26-47(63-69(37)52)41-13-11-38(21-45(41)58)65-18-15-35(29-65)56(73)74)54(71)66-19-16-34(10-9-31(66)2)43-24-44(43)51-25-50(55(72)67-20-17-33-7-5-6-8-40(33)32(67)3)62-53-27-48(64-70(51)53)42-14-12-39(22-46(42)59)68-30-36(28-60-68)57(75)76/h5-8,11-14,21-23,25-28,30-32,34-35,43-44H,4,9-10,15-20,24,29H2,1-3H3,(H,73,74)(H,75,76)/t31-,32-,34?,35+,43?,44?/m1/s1. The largest absolute Gasteiger partial charge is 0.481 e. The molecule has 17 nitrogen and oxygen atoms in total. The summed E-state index contributed by atoms with van der Waals surface area (Å²) in [6.45, 7) is 7.97. The van der Waals surface area contributed by atoms with Gasteiger partial charge in [-0.25, -0.2) is 37.3 Å². The molecular formula is C57H55F2N11O6. The van der Waals surface area contributed by atoms with Crippen LogP contribution in [0, 0.1) is 29.4 Å². The van der Waals surface area contributed by atoms with E-state index in [9.17, 15) is 29.4 Å². The molecule has 5 aromatic heterocycles. The van der Waals surface area contributed by atoms with E-state index in [0.29, 0.717) is 84.5 Å². The number of amides is 2. The highest BCUT2D eigenvalue weighted by molar-refractivity contribution is 5.94. The number of carboxylic acids is 2. The number of hydrogen-bond acceptors (Lipinski definition) is 10. The predicted molar refractivity (Wildman–Crippen MR) is 276 cm³/mol. The number of carboxylic acid groups (broad SMARTS) is 2. The number of carbonyl (C=O) groups is 4. The molecule has 0 bridgehead atoms. The van der Waals surface area contributed by atoms with Crippen LogP contribution < -0.4 is 4.90 Å². The maximum atomic E-state index is 16.1. The molecule has 388 valence electrons. The zero-order chi connectivity index (χ0) is 52.7. The predicted octanol–water partition coefficient (Wildman–Crippen LogP) is 8.94. The number of aliphatic carboxylic acids is 1. The average molecular weight is 1030 g/mol. The second-order valence-electron chi connectivity index (χ2n) is 20.8. The Kier molecular flexibility index (Phi) is 12.2. The van der Waals surface area contributed by atoms with Gasteiger partial charge in [0.2, 0.25) is 0 Å². The van der Waals surface area contributed by atoms with Gasteiger partial charge in [-0.05, 0) is 124 Å². The number of nitrogens with zero attached hydrogens (tertiary/aromatic N) is 11. The van der Waals surface area contributed by atoms with Gasteiger partial charge in [0.05, 0.1) is 46.5 Å². The minimum absolute atomic E-state index is 0.0140. The third-order valence-electron chi connectivity index (χ3n) is 16.4. The first-order chi connectivity index (χ1) is 36.7. The number of aromatic nitrogens is 8. The van der Waals surface area contributed by atoms with Gasteiger partial charge in [0.15, 0.2) is 11.3 Å². The average Bonchev–Trinajstić information content (AvgIpc) is 3.88. The minimum Gasteiger partial charge on any atom is -0.481 e. The summed E-state index contributed by atoms with van der Waals surface area (Å²) >= 11 is 0. The van der Waals surface area contributed by atoms with E-state index in [1.165, 1.54) is 34.8 Å². The fourth-order valence-corrected chi connectivity index (χ4v) is 12.0. The van der Waals surface area contributed by atoms with E-state index in [4.69, 9.17) is 20.2 Å². The quantitative estimate of drug-likeness (QED) is 0.125. The topological polar surface area (TPSA) is 197 Å². The molecule has 6 atom stereocenters. The lowest BCUT2D eigenvalue weighted by Crippen LogP contribution is -2.39. The van der Waals surface area contributed by atoms with Crippen molar-refractivity contribution in [3.8, 4) is 28.2 Å². The zero-order valence-electron chi connectivity index (χ0n) is 42.2. The summed E-state index contributed by atoms with van der Waals surface area (Å²) in [5, 5.41) is 32.6. The lowest BCUT2D eigenvalue weighted by Gasteiger charge is -2.35. The molecule has 4 aliphatic rings. The Morgan fingerprint density at radius 2 is 1.41 bits per heavy atom. The van der Waals surface area contributed by atoms with E-state index < -0.39 is 29.5 Å². The molecule has 3 aliphatic heterocycles. The molecule has 3 fully saturated rings. The van der Waals surface area contributed by atoms with Gasteiger partial charge < -0.3 is 24.9 Å². The van der Waals surface area contributed by atoms with Crippen LogP contribution in [0.1, 0.15) is 119 Å². The van der Waals surface area contributed by atoms with Gasteiger partial charge in [0.25, 0.3) is 11.8 Å². The highest BCUT2D eigenvalue weighted by Gasteiger charge is 2.47. The Morgan fingerprint density at radius 3 is 2.11 bits per heavy atom. The van der Waals surface area contributed by atoms with Crippen LogP contribution in [0.25, 0.3) is 39.5 Å².